The third kappa shape index (κ3) is 2.87. The van der Waals surface area contributed by atoms with Crippen molar-refractivity contribution in [3.05, 3.63) is 45.7 Å². The molecule has 30 heavy (non-hydrogen) atoms. The van der Waals surface area contributed by atoms with Crippen LogP contribution in [0.3, 0.4) is 0 Å². The van der Waals surface area contributed by atoms with Gasteiger partial charge in [-0.25, -0.2) is 0 Å². The summed E-state index contributed by atoms with van der Waals surface area (Å²) in [6.07, 6.45) is 0.556. The average Bonchev–Trinajstić information content (AvgIpc) is 2.60. The van der Waals surface area contributed by atoms with Crippen LogP contribution in [0.2, 0.25) is 0 Å². The summed E-state index contributed by atoms with van der Waals surface area (Å²) in [6.45, 7) is 2.55. The molecule has 0 saturated heterocycles. The Morgan fingerprint density at radius 1 is 1.03 bits per heavy atom. The summed E-state index contributed by atoms with van der Waals surface area (Å²) in [5.41, 5.74) is 0.605. The Labute approximate surface area is 174 Å². The Morgan fingerprint density at radius 2 is 1.70 bits per heavy atom. The summed E-state index contributed by atoms with van der Waals surface area (Å²) in [5.74, 6) is -5.05. The van der Waals surface area contributed by atoms with Crippen LogP contribution in [0.25, 0.3) is 5.76 Å². The largest absolute Gasteiger partial charge is 0.511 e. The third-order valence-electron chi connectivity index (χ3n) is 6.26. The first-order valence-corrected chi connectivity index (χ1v) is 9.44. The highest BCUT2D eigenvalue weighted by Crippen LogP contribution is 2.50. The van der Waals surface area contributed by atoms with Crippen molar-refractivity contribution in [3.8, 4) is 5.75 Å². The Bertz CT molecular complexity index is 1090. The molecule has 3 atom stereocenters. The molecule has 0 radical (unpaired) electrons. The number of phenols is 1. The number of rotatable bonds is 2. The number of fused-ring (bicyclic) bond motifs is 3. The van der Waals surface area contributed by atoms with E-state index >= 15 is 0 Å². The van der Waals surface area contributed by atoms with E-state index in [1.165, 1.54) is 19.1 Å². The zero-order valence-corrected chi connectivity index (χ0v) is 16.5. The summed E-state index contributed by atoms with van der Waals surface area (Å²) >= 11 is 0. The number of ketones is 4. The summed E-state index contributed by atoms with van der Waals surface area (Å²) in [6, 6.07) is 2.79. The maximum absolute atomic E-state index is 13.2. The van der Waals surface area contributed by atoms with E-state index in [2.05, 4.69) is 0 Å². The Hall–Kier alpha value is -3.26. The summed E-state index contributed by atoms with van der Waals surface area (Å²) in [7, 11) is 0. The second kappa shape index (κ2) is 7.21. The van der Waals surface area contributed by atoms with Crippen LogP contribution < -0.4 is 0 Å². The van der Waals surface area contributed by atoms with Gasteiger partial charge in [0.1, 0.15) is 17.3 Å². The summed E-state index contributed by atoms with van der Waals surface area (Å²) in [4.78, 5) is 49.4. The minimum atomic E-state index is -1.07. The molecular formula is C22H26O8. The van der Waals surface area contributed by atoms with E-state index in [0.717, 1.165) is 6.92 Å². The average molecular weight is 418 g/mol. The van der Waals surface area contributed by atoms with Gasteiger partial charge < -0.3 is 20.8 Å². The van der Waals surface area contributed by atoms with Gasteiger partial charge in [0.2, 0.25) is 0 Å². The fourth-order valence-corrected chi connectivity index (χ4v) is 5.08. The van der Waals surface area contributed by atoms with Crippen LogP contribution in [0.15, 0.2) is 29.0 Å². The highest BCUT2D eigenvalue weighted by atomic mass is 16.3. The van der Waals surface area contributed by atoms with Gasteiger partial charge in [0.25, 0.3) is 0 Å². The Morgan fingerprint density at radius 3 is 2.30 bits per heavy atom. The van der Waals surface area contributed by atoms with E-state index < -0.39 is 46.6 Å². The summed E-state index contributed by atoms with van der Waals surface area (Å²) < 4.78 is 0. The van der Waals surface area contributed by atoms with Gasteiger partial charge in [-0.15, -0.1) is 0 Å². The first-order valence-electron chi connectivity index (χ1n) is 9.44. The zero-order valence-electron chi connectivity index (χ0n) is 16.5. The first kappa shape index (κ1) is 21.4. The molecule has 1 saturated carbocycles. The van der Waals surface area contributed by atoms with Gasteiger partial charge in [0.05, 0.1) is 17.1 Å². The fourth-order valence-electron chi connectivity index (χ4n) is 5.08. The number of carbonyl (C=O) groups is 4. The van der Waals surface area contributed by atoms with Crippen molar-refractivity contribution in [2.24, 2.45) is 17.8 Å². The van der Waals surface area contributed by atoms with Crippen molar-refractivity contribution >= 4 is 28.9 Å². The normalized spacial score (nSPS) is 25.2. The Balaban J connectivity index is 0.00000171. The molecule has 0 aromatic heterocycles. The zero-order chi connectivity index (χ0) is 21.2. The third-order valence-corrected chi connectivity index (χ3v) is 6.26. The molecule has 0 heterocycles. The second-order valence-electron chi connectivity index (χ2n) is 7.99. The molecule has 0 bridgehead atoms. The number of hydrogen-bond acceptors (Lipinski definition) is 7. The first-order chi connectivity index (χ1) is 13.6. The van der Waals surface area contributed by atoms with Gasteiger partial charge >= 0.3 is 0 Å². The molecule has 1 aromatic rings. The number of carbonyl (C=O) groups excluding carboxylic acids is 4. The molecule has 4 rings (SSSR count). The number of benzene rings is 1. The van der Waals surface area contributed by atoms with Crippen molar-refractivity contribution < 1.29 is 42.8 Å². The molecule has 1 fully saturated rings. The van der Waals surface area contributed by atoms with Gasteiger partial charge in [-0.1, -0.05) is 0 Å². The lowest BCUT2D eigenvalue weighted by atomic mass is 9.61. The molecule has 1 aromatic carbocycles. The number of allylic oxidation sites excluding steroid dienone is 3. The number of aliphatic hydroxyl groups excluding tert-OH is 2. The van der Waals surface area contributed by atoms with E-state index in [-0.39, 0.29) is 49.4 Å². The number of aliphatic hydroxyl groups is 2. The molecule has 0 aliphatic heterocycles. The van der Waals surface area contributed by atoms with Crippen LogP contribution in [-0.4, -0.2) is 43.9 Å². The lowest BCUT2D eigenvalue weighted by Crippen LogP contribution is -2.43. The van der Waals surface area contributed by atoms with Gasteiger partial charge in [0.15, 0.2) is 23.1 Å². The monoisotopic (exact) mass is 418 g/mol. The fraction of sp³-hybridized carbons (Fsp3) is 0.364. The predicted molar refractivity (Wildman–Crippen MR) is 109 cm³/mol. The number of aromatic hydroxyl groups is 1. The van der Waals surface area contributed by atoms with Crippen LogP contribution >= 0.6 is 0 Å². The Kier molecular flexibility index (Phi) is 5.16. The van der Waals surface area contributed by atoms with Gasteiger partial charge in [-0.3, -0.25) is 19.2 Å². The second-order valence-corrected chi connectivity index (χ2v) is 7.99. The number of hydrogen-bond donors (Lipinski definition) is 3. The maximum atomic E-state index is 13.2. The van der Waals surface area contributed by atoms with Crippen molar-refractivity contribution in [1.29, 1.82) is 0 Å². The molecule has 162 valence electrons. The van der Waals surface area contributed by atoms with Crippen molar-refractivity contribution in [3.63, 3.8) is 0 Å². The maximum Gasteiger partial charge on any atom is 0.173 e. The van der Waals surface area contributed by atoms with Crippen molar-refractivity contribution in [1.82, 2.24) is 0 Å². The van der Waals surface area contributed by atoms with E-state index in [4.69, 9.17) is 0 Å². The van der Waals surface area contributed by atoms with Gasteiger partial charge in [0, 0.05) is 20.4 Å². The predicted octanol–water partition coefficient (Wildman–Crippen LogP) is 2.28. The molecule has 8 heteroatoms. The van der Waals surface area contributed by atoms with Crippen LogP contribution in [0.4, 0.5) is 0 Å². The topological polar surface area (TPSA) is 160 Å². The lowest BCUT2D eigenvalue weighted by Gasteiger charge is -2.41. The highest BCUT2D eigenvalue weighted by molar-refractivity contribution is 6.22. The van der Waals surface area contributed by atoms with Crippen LogP contribution in [0.1, 0.15) is 51.0 Å². The molecule has 3 unspecified atom stereocenters. The molecule has 5 N–H and O–H groups in total. The van der Waals surface area contributed by atoms with Crippen LogP contribution in [-0.2, 0) is 20.8 Å². The van der Waals surface area contributed by atoms with E-state index in [0.29, 0.717) is 17.5 Å². The summed E-state index contributed by atoms with van der Waals surface area (Å²) in [5, 5.41) is 31.7. The SMILES string of the molecule is CC(=O)C1=C(O)C2C(=O)C3=C(O)c4c(O)ccc(C(C)=O)c4CC3CC2CC1=O.O.[HH].[HH]. The van der Waals surface area contributed by atoms with Gasteiger partial charge in [-0.2, -0.15) is 0 Å². The molecule has 0 spiro atoms. The van der Waals surface area contributed by atoms with Crippen LogP contribution in [0, 0.1) is 17.8 Å². The number of phenolic OH excluding ortho intramolecular Hbond substituents is 1. The van der Waals surface area contributed by atoms with Crippen LogP contribution in [0.5, 0.6) is 5.75 Å². The quantitative estimate of drug-likeness (QED) is 0.490. The van der Waals surface area contributed by atoms with Crippen molar-refractivity contribution in [2.45, 2.75) is 33.1 Å². The molecule has 8 nitrogen and oxygen atoms in total. The van der Waals surface area contributed by atoms with E-state index in [9.17, 15) is 34.5 Å². The molecular weight excluding hydrogens is 392 g/mol. The van der Waals surface area contributed by atoms with Gasteiger partial charge in [-0.05, 0) is 56.2 Å². The standard InChI is InChI=1S/C22H20O7.H2O.2H2/c1-8(23)12-3-4-14(25)19-13(12)6-10-5-11-7-15(26)16(9(2)24)20(27)18(11)21(28)17(10)22(19)29;;;/h3-4,10-11,18,25,27,29H,5-7H2,1-2H3;1H2;2*1H. The minimum absolute atomic E-state index is 0. The highest BCUT2D eigenvalue weighted by Gasteiger charge is 2.50. The lowest BCUT2D eigenvalue weighted by molar-refractivity contribution is -0.127. The van der Waals surface area contributed by atoms with E-state index in [1.807, 2.05) is 0 Å². The van der Waals surface area contributed by atoms with E-state index in [1.54, 1.807) is 0 Å². The molecule has 3 aliphatic carbocycles. The number of Topliss-reactive ketones (excluding diaryl/α,β-unsaturated/α-hetero) is 4. The smallest absolute Gasteiger partial charge is 0.173 e. The minimum Gasteiger partial charge on any atom is -0.511 e. The molecule has 0 amide bonds. The molecule has 3 aliphatic rings. The van der Waals surface area contributed by atoms with Crippen molar-refractivity contribution in [2.75, 3.05) is 0 Å².